The molecule has 1 aromatic carbocycles. The summed E-state index contributed by atoms with van der Waals surface area (Å²) in [6.45, 7) is 0.251. The van der Waals surface area contributed by atoms with Gasteiger partial charge in [-0.15, -0.1) is 0 Å². The first-order valence-corrected chi connectivity index (χ1v) is 6.00. The average Bonchev–Trinajstić information content (AvgIpc) is 2.38. The van der Waals surface area contributed by atoms with Crippen LogP contribution in [0.2, 0.25) is 0 Å². The van der Waals surface area contributed by atoms with Gasteiger partial charge in [0.25, 0.3) is 0 Å². The van der Waals surface area contributed by atoms with Crippen LogP contribution in [-0.2, 0) is 9.53 Å². The van der Waals surface area contributed by atoms with Crippen LogP contribution in [0.3, 0.4) is 0 Å². The van der Waals surface area contributed by atoms with Crippen molar-refractivity contribution in [1.29, 1.82) is 0 Å². The van der Waals surface area contributed by atoms with Crippen LogP contribution in [0, 0.1) is 0 Å². The maximum Gasteiger partial charge on any atom is 0.145 e. The molecule has 1 saturated carbocycles. The van der Waals surface area contributed by atoms with Gasteiger partial charge in [0, 0.05) is 0 Å². The summed E-state index contributed by atoms with van der Waals surface area (Å²) in [6.07, 6.45) is 5.63. The fourth-order valence-corrected chi connectivity index (χ4v) is 2.46. The van der Waals surface area contributed by atoms with E-state index in [9.17, 15) is 4.79 Å². The number of ether oxygens (including phenoxy) is 1. The predicted molar refractivity (Wildman–Crippen MR) is 63.5 cm³/mol. The second kappa shape index (κ2) is 5.80. The summed E-state index contributed by atoms with van der Waals surface area (Å²) < 4.78 is 5.45. The fourth-order valence-electron chi connectivity index (χ4n) is 2.46. The van der Waals surface area contributed by atoms with Crippen molar-refractivity contribution in [3.63, 3.8) is 0 Å². The van der Waals surface area contributed by atoms with E-state index in [1.807, 2.05) is 0 Å². The SMILES string of the molecule is O=CCOC1CCC(c2ccccc2)CC1. The molecule has 2 rings (SSSR count). The normalized spacial score (nSPS) is 25.2. The minimum Gasteiger partial charge on any atom is -0.371 e. The average molecular weight is 218 g/mol. The third kappa shape index (κ3) is 2.92. The van der Waals surface area contributed by atoms with Crippen LogP contribution >= 0.6 is 0 Å². The standard InChI is InChI=1S/C14H18O2/c15-10-11-16-14-8-6-13(7-9-14)12-4-2-1-3-5-12/h1-5,10,13-14H,6-9,11H2. The van der Waals surface area contributed by atoms with E-state index in [1.54, 1.807) is 0 Å². The van der Waals surface area contributed by atoms with Gasteiger partial charge in [0.05, 0.1) is 6.10 Å². The van der Waals surface area contributed by atoms with Gasteiger partial charge in [0.15, 0.2) is 0 Å². The highest BCUT2D eigenvalue weighted by molar-refractivity contribution is 5.50. The van der Waals surface area contributed by atoms with E-state index in [0.717, 1.165) is 19.1 Å². The molecule has 0 amide bonds. The third-order valence-corrected chi connectivity index (χ3v) is 3.35. The van der Waals surface area contributed by atoms with Crippen molar-refractivity contribution >= 4 is 6.29 Å². The monoisotopic (exact) mass is 218 g/mol. The number of carbonyl (C=O) groups is 1. The van der Waals surface area contributed by atoms with Crippen molar-refractivity contribution in [1.82, 2.24) is 0 Å². The molecule has 1 fully saturated rings. The molecule has 0 saturated heterocycles. The first-order valence-electron chi connectivity index (χ1n) is 6.00. The van der Waals surface area contributed by atoms with E-state index in [1.165, 1.54) is 18.4 Å². The number of carbonyl (C=O) groups excluding carboxylic acids is 1. The lowest BCUT2D eigenvalue weighted by Crippen LogP contribution is -2.21. The van der Waals surface area contributed by atoms with Gasteiger partial charge >= 0.3 is 0 Å². The second-order valence-corrected chi connectivity index (χ2v) is 4.38. The Balaban J connectivity index is 1.83. The van der Waals surface area contributed by atoms with E-state index in [2.05, 4.69) is 30.3 Å². The van der Waals surface area contributed by atoms with E-state index >= 15 is 0 Å². The van der Waals surface area contributed by atoms with Crippen LogP contribution in [0.5, 0.6) is 0 Å². The molecule has 1 aliphatic carbocycles. The molecule has 1 aliphatic rings. The van der Waals surface area contributed by atoms with Crippen LogP contribution in [0.25, 0.3) is 0 Å². The van der Waals surface area contributed by atoms with Crippen molar-refractivity contribution in [2.24, 2.45) is 0 Å². The number of aldehydes is 1. The molecule has 2 heteroatoms. The van der Waals surface area contributed by atoms with E-state index in [-0.39, 0.29) is 6.61 Å². The fraction of sp³-hybridized carbons (Fsp3) is 0.500. The molecule has 0 N–H and O–H groups in total. The Morgan fingerprint density at radius 1 is 1.12 bits per heavy atom. The molecule has 86 valence electrons. The highest BCUT2D eigenvalue weighted by atomic mass is 16.5. The molecule has 0 radical (unpaired) electrons. The first-order chi connectivity index (χ1) is 7.90. The highest BCUT2D eigenvalue weighted by Gasteiger charge is 2.22. The molecule has 16 heavy (non-hydrogen) atoms. The van der Waals surface area contributed by atoms with Crippen molar-refractivity contribution in [3.8, 4) is 0 Å². The Morgan fingerprint density at radius 2 is 1.81 bits per heavy atom. The summed E-state index contributed by atoms with van der Waals surface area (Å²) in [7, 11) is 0. The van der Waals surface area contributed by atoms with E-state index in [4.69, 9.17) is 4.74 Å². The van der Waals surface area contributed by atoms with Gasteiger partial charge in [-0.3, -0.25) is 0 Å². The molecule has 0 heterocycles. The Bertz CT molecular complexity index is 313. The smallest absolute Gasteiger partial charge is 0.145 e. The number of hydrogen-bond acceptors (Lipinski definition) is 2. The zero-order chi connectivity index (χ0) is 11.2. The zero-order valence-corrected chi connectivity index (χ0v) is 9.47. The minimum atomic E-state index is 0.251. The molecule has 0 spiro atoms. The van der Waals surface area contributed by atoms with Crippen molar-refractivity contribution in [2.75, 3.05) is 6.61 Å². The van der Waals surface area contributed by atoms with Crippen molar-refractivity contribution in [2.45, 2.75) is 37.7 Å². The quantitative estimate of drug-likeness (QED) is 0.726. The Labute approximate surface area is 96.6 Å². The van der Waals surface area contributed by atoms with Gasteiger partial charge in [-0.1, -0.05) is 30.3 Å². The summed E-state index contributed by atoms with van der Waals surface area (Å²) in [5.41, 5.74) is 1.44. The van der Waals surface area contributed by atoms with Crippen LogP contribution < -0.4 is 0 Å². The third-order valence-electron chi connectivity index (χ3n) is 3.35. The Kier molecular flexibility index (Phi) is 4.11. The lowest BCUT2D eigenvalue weighted by molar-refractivity contribution is -0.114. The predicted octanol–water partition coefficient (Wildman–Crippen LogP) is 2.93. The molecular weight excluding hydrogens is 200 g/mol. The van der Waals surface area contributed by atoms with Gasteiger partial charge in [0.2, 0.25) is 0 Å². The highest BCUT2D eigenvalue weighted by Crippen LogP contribution is 2.33. The molecule has 1 aromatic rings. The van der Waals surface area contributed by atoms with Crippen molar-refractivity contribution < 1.29 is 9.53 Å². The number of benzene rings is 1. The maximum atomic E-state index is 10.2. The van der Waals surface area contributed by atoms with Gasteiger partial charge in [-0.2, -0.15) is 0 Å². The van der Waals surface area contributed by atoms with Gasteiger partial charge in [-0.05, 0) is 37.2 Å². The maximum absolute atomic E-state index is 10.2. The van der Waals surface area contributed by atoms with Crippen LogP contribution in [0.1, 0.15) is 37.2 Å². The molecule has 2 nitrogen and oxygen atoms in total. The summed E-state index contributed by atoms with van der Waals surface area (Å²) in [5, 5.41) is 0. The van der Waals surface area contributed by atoms with Crippen LogP contribution in [0.15, 0.2) is 30.3 Å². The van der Waals surface area contributed by atoms with Crippen molar-refractivity contribution in [3.05, 3.63) is 35.9 Å². The molecule has 0 unspecified atom stereocenters. The topological polar surface area (TPSA) is 26.3 Å². The Hall–Kier alpha value is -1.15. The molecular formula is C14H18O2. The lowest BCUT2D eigenvalue weighted by atomic mass is 9.83. The van der Waals surface area contributed by atoms with Gasteiger partial charge in [0.1, 0.15) is 12.9 Å². The first kappa shape index (κ1) is 11.3. The van der Waals surface area contributed by atoms with Crippen LogP contribution in [0.4, 0.5) is 0 Å². The van der Waals surface area contributed by atoms with E-state index in [0.29, 0.717) is 12.0 Å². The van der Waals surface area contributed by atoms with Gasteiger partial charge in [-0.25, -0.2) is 0 Å². The lowest BCUT2D eigenvalue weighted by Gasteiger charge is -2.28. The van der Waals surface area contributed by atoms with Crippen LogP contribution in [-0.4, -0.2) is 19.0 Å². The van der Waals surface area contributed by atoms with Gasteiger partial charge < -0.3 is 9.53 Å². The molecule has 0 aliphatic heterocycles. The summed E-state index contributed by atoms with van der Waals surface area (Å²) in [4.78, 5) is 10.2. The summed E-state index contributed by atoms with van der Waals surface area (Å²) >= 11 is 0. The summed E-state index contributed by atoms with van der Waals surface area (Å²) in [5.74, 6) is 0.678. The molecule has 0 atom stereocenters. The zero-order valence-electron chi connectivity index (χ0n) is 9.47. The minimum absolute atomic E-state index is 0.251. The van der Waals surface area contributed by atoms with E-state index < -0.39 is 0 Å². The molecule has 0 aromatic heterocycles. The molecule has 0 bridgehead atoms. The Morgan fingerprint density at radius 3 is 2.44 bits per heavy atom. The number of rotatable bonds is 4. The second-order valence-electron chi connectivity index (χ2n) is 4.38. The summed E-state index contributed by atoms with van der Waals surface area (Å²) in [6, 6.07) is 10.7. The largest absolute Gasteiger partial charge is 0.371 e. The number of hydrogen-bond donors (Lipinski definition) is 0.